The second-order valence-corrected chi connectivity index (χ2v) is 5.27. The number of rotatable bonds is 7. The molecule has 0 radical (unpaired) electrons. The Balaban J connectivity index is 2.08. The summed E-state index contributed by atoms with van der Waals surface area (Å²) in [5, 5.41) is 6.19. The summed E-state index contributed by atoms with van der Waals surface area (Å²) in [5.74, 6) is 0.583. The number of amides is 1. The minimum atomic E-state index is -0.121. The van der Waals surface area contributed by atoms with E-state index in [1.807, 2.05) is 6.92 Å². The van der Waals surface area contributed by atoms with Crippen LogP contribution in [0.5, 0.6) is 0 Å². The van der Waals surface area contributed by atoms with Gasteiger partial charge in [0, 0.05) is 32.7 Å². The van der Waals surface area contributed by atoms with E-state index >= 15 is 0 Å². The molecule has 5 nitrogen and oxygen atoms in total. The number of hydrogen-bond donors (Lipinski definition) is 2. The fourth-order valence-electron chi connectivity index (χ4n) is 1.81. The average Bonchev–Trinajstić information content (AvgIpc) is 2.37. The largest absolute Gasteiger partial charge is 0.379 e. The molecular weight excluding hydrogens is 230 g/mol. The zero-order valence-corrected chi connectivity index (χ0v) is 11.9. The van der Waals surface area contributed by atoms with Gasteiger partial charge in [-0.2, -0.15) is 0 Å². The van der Waals surface area contributed by atoms with Gasteiger partial charge < -0.3 is 15.4 Å². The smallest absolute Gasteiger partial charge is 0.236 e. The van der Waals surface area contributed by atoms with E-state index in [0.29, 0.717) is 5.92 Å². The predicted octanol–water partition coefficient (Wildman–Crippen LogP) is 0.0689. The highest BCUT2D eigenvalue weighted by Gasteiger charge is 2.13. The molecule has 5 heteroatoms. The van der Waals surface area contributed by atoms with Crippen LogP contribution in [0, 0.1) is 5.92 Å². The molecule has 0 aromatic rings. The second kappa shape index (κ2) is 8.45. The standard InChI is InChI=1S/C13H27N3O2/c1-11(2)10-15-13(17)12(3)14-4-5-16-6-8-18-9-7-16/h11-12,14H,4-10H2,1-3H3,(H,15,17). The lowest BCUT2D eigenvalue weighted by molar-refractivity contribution is -0.122. The van der Waals surface area contributed by atoms with Gasteiger partial charge in [0.05, 0.1) is 19.3 Å². The molecule has 1 saturated heterocycles. The van der Waals surface area contributed by atoms with Crippen LogP contribution in [0.1, 0.15) is 20.8 Å². The van der Waals surface area contributed by atoms with Crippen molar-refractivity contribution in [2.45, 2.75) is 26.8 Å². The molecule has 1 aliphatic heterocycles. The third-order valence-electron chi connectivity index (χ3n) is 3.06. The van der Waals surface area contributed by atoms with Gasteiger partial charge in [-0.1, -0.05) is 13.8 Å². The topological polar surface area (TPSA) is 53.6 Å². The van der Waals surface area contributed by atoms with Gasteiger partial charge in [-0.05, 0) is 12.8 Å². The Hall–Kier alpha value is -0.650. The molecule has 1 unspecified atom stereocenters. The first-order chi connectivity index (χ1) is 8.59. The predicted molar refractivity (Wildman–Crippen MR) is 72.6 cm³/mol. The Labute approximate surface area is 110 Å². The Morgan fingerprint density at radius 3 is 2.56 bits per heavy atom. The van der Waals surface area contributed by atoms with E-state index in [0.717, 1.165) is 45.9 Å². The highest BCUT2D eigenvalue weighted by atomic mass is 16.5. The van der Waals surface area contributed by atoms with Crippen molar-refractivity contribution in [3.8, 4) is 0 Å². The fourth-order valence-corrected chi connectivity index (χ4v) is 1.81. The first-order valence-electron chi connectivity index (χ1n) is 6.90. The molecule has 2 N–H and O–H groups in total. The number of hydrogen-bond acceptors (Lipinski definition) is 4. The maximum atomic E-state index is 11.7. The fraction of sp³-hybridized carbons (Fsp3) is 0.923. The van der Waals surface area contributed by atoms with Crippen molar-refractivity contribution in [3.05, 3.63) is 0 Å². The molecule has 0 aromatic heterocycles. The third kappa shape index (κ3) is 6.33. The average molecular weight is 257 g/mol. The minimum Gasteiger partial charge on any atom is -0.379 e. The van der Waals surface area contributed by atoms with E-state index in [-0.39, 0.29) is 11.9 Å². The normalized spacial score (nSPS) is 18.9. The molecule has 1 aliphatic rings. The lowest BCUT2D eigenvalue weighted by atomic mass is 10.2. The first kappa shape index (κ1) is 15.4. The highest BCUT2D eigenvalue weighted by Crippen LogP contribution is 1.95. The van der Waals surface area contributed by atoms with E-state index in [1.165, 1.54) is 0 Å². The van der Waals surface area contributed by atoms with Crippen molar-refractivity contribution in [1.82, 2.24) is 15.5 Å². The van der Waals surface area contributed by atoms with E-state index in [4.69, 9.17) is 4.74 Å². The van der Waals surface area contributed by atoms with Crippen LogP contribution < -0.4 is 10.6 Å². The molecule has 1 fully saturated rings. The summed E-state index contributed by atoms with van der Waals surface area (Å²) in [7, 11) is 0. The van der Waals surface area contributed by atoms with Gasteiger partial charge in [0.1, 0.15) is 0 Å². The van der Waals surface area contributed by atoms with Gasteiger partial charge in [0.25, 0.3) is 0 Å². The molecule has 106 valence electrons. The van der Waals surface area contributed by atoms with Crippen molar-refractivity contribution < 1.29 is 9.53 Å². The number of nitrogens with one attached hydrogen (secondary N) is 2. The molecule has 1 atom stereocenters. The second-order valence-electron chi connectivity index (χ2n) is 5.27. The van der Waals surface area contributed by atoms with Crippen LogP contribution >= 0.6 is 0 Å². The summed E-state index contributed by atoms with van der Waals surface area (Å²) in [6.07, 6.45) is 0. The van der Waals surface area contributed by atoms with Gasteiger partial charge in [-0.25, -0.2) is 0 Å². The zero-order chi connectivity index (χ0) is 13.4. The maximum Gasteiger partial charge on any atom is 0.236 e. The van der Waals surface area contributed by atoms with Crippen LogP contribution in [0.25, 0.3) is 0 Å². The van der Waals surface area contributed by atoms with Crippen molar-refractivity contribution in [3.63, 3.8) is 0 Å². The van der Waals surface area contributed by atoms with Gasteiger partial charge in [0.2, 0.25) is 5.91 Å². The molecule has 1 heterocycles. The van der Waals surface area contributed by atoms with Crippen LogP contribution in [0.4, 0.5) is 0 Å². The summed E-state index contributed by atoms with van der Waals surface area (Å²) in [5.41, 5.74) is 0. The summed E-state index contributed by atoms with van der Waals surface area (Å²) >= 11 is 0. The lowest BCUT2D eigenvalue weighted by Gasteiger charge is -2.27. The minimum absolute atomic E-state index is 0.0886. The van der Waals surface area contributed by atoms with E-state index in [1.54, 1.807) is 0 Å². The maximum absolute atomic E-state index is 11.7. The van der Waals surface area contributed by atoms with Crippen molar-refractivity contribution in [2.75, 3.05) is 45.9 Å². The molecule has 0 aromatic carbocycles. The van der Waals surface area contributed by atoms with Crippen molar-refractivity contribution >= 4 is 5.91 Å². The molecule has 0 saturated carbocycles. The summed E-state index contributed by atoms with van der Waals surface area (Å²) in [4.78, 5) is 14.1. The summed E-state index contributed by atoms with van der Waals surface area (Å²) in [6.45, 7) is 12.3. The Morgan fingerprint density at radius 1 is 1.28 bits per heavy atom. The van der Waals surface area contributed by atoms with Gasteiger partial charge >= 0.3 is 0 Å². The molecule has 0 aliphatic carbocycles. The number of ether oxygens (including phenoxy) is 1. The zero-order valence-electron chi connectivity index (χ0n) is 11.9. The Kier molecular flexibility index (Phi) is 7.23. The van der Waals surface area contributed by atoms with E-state index < -0.39 is 0 Å². The lowest BCUT2D eigenvalue weighted by Crippen LogP contribution is -2.47. The van der Waals surface area contributed by atoms with E-state index in [2.05, 4.69) is 29.4 Å². The molecule has 0 spiro atoms. The summed E-state index contributed by atoms with van der Waals surface area (Å²) < 4.78 is 5.29. The highest BCUT2D eigenvalue weighted by molar-refractivity contribution is 5.81. The number of carbonyl (C=O) groups is 1. The molecule has 18 heavy (non-hydrogen) atoms. The third-order valence-corrected chi connectivity index (χ3v) is 3.06. The molecular formula is C13H27N3O2. The SMILES string of the molecule is CC(C)CNC(=O)C(C)NCCN1CCOCC1. The molecule has 0 bridgehead atoms. The van der Waals surface area contributed by atoms with Gasteiger partial charge in [0.15, 0.2) is 0 Å². The Bertz CT molecular complexity index is 240. The van der Waals surface area contributed by atoms with Crippen LogP contribution in [-0.4, -0.2) is 62.8 Å². The van der Waals surface area contributed by atoms with Crippen molar-refractivity contribution in [1.29, 1.82) is 0 Å². The monoisotopic (exact) mass is 257 g/mol. The van der Waals surface area contributed by atoms with Crippen LogP contribution in [0.2, 0.25) is 0 Å². The number of carbonyl (C=O) groups excluding carboxylic acids is 1. The van der Waals surface area contributed by atoms with Crippen LogP contribution in [-0.2, 0) is 9.53 Å². The van der Waals surface area contributed by atoms with Crippen LogP contribution in [0.15, 0.2) is 0 Å². The summed E-state index contributed by atoms with van der Waals surface area (Å²) in [6, 6.07) is -0.121. The number of nitrogens with zero attached hydrogens (tertiary/aromatic N) is 1. The van der Waals surface area contributed by atoms with Gasteiger partial charge in [-0.15, -0.1) is 0 Å². The van der Waals surface area contributed by atoms with Crippen molar-refractivity contribution in [2.24, 2.45) is 5.92 Å². The van der Waals surface area contributed by atoms with E-state index in [9.17, 15) is 4.79 Å². The Morgan fingerprint density at radius 2 is 1.94 bits per heavy atom. The molecule has 1 amide bonds. The number of morpholine rings is 1. The quantitative estimate of drug-likeness (QED) is 0.678. The first-order valence-corrected chi connectivity index (χ1v) is 6.90. The van der Waals surface area contributed by atoms with Crippen LogP contribution in [0.3, 0.4) is 0 Å². The molecule has 1 rings (SSSR count). The van der Waals surface area contributed by atoms with Gasteiger partial charge in [-0.3, -0.25) is 9.69 Å².